The van der Waals surface area contributed by atoms with Gasteiger partial charge in [-0.1, -0.05) is 13.5 Å². The first kappa shape index (κ1) is 32.6. The minimum atomic E-state index is -3.18. The van der Waals surface area contributed by atoms with Crippen LogP contribution in [0.4, 0.5) is 0 Å². The van der Waals surface area contributed by atoms with Crippen LogP contribution in [0.3, 0.4) is 0 Å². The van der Waals surface area contributed by atoms with Crippen LogP contribution in [0.5, 0.6) is 0 Å². The van der Waals surface area contributed by atoms with Crippen molar-refractivity contribution in [3.8, 4) is 0 Å². The molecular formula is C30H47N7O3S. The molecule has 0 unspecified atom stereocenters. The van der Waals surface area contributed by atoms with E-state index in [0.29, 0.717) is 42.8 Å². The lowest BCUT2D eigenvalue weighted by Crippen LogP contribution is -2.42. The van der Waals surface area contributed by atoms with Crippen LogP contribution in [0, 0.1) is 12.8 Å². The highest BCUT2D eigenvalue weighted by molar-refractivity contribution is 7.89. The van der Waals surface area contributed by atoms with Crippen LogP contribution in [0.25, 0.3) is 5.70 Å². The molecular weight excluding hydrogens is 538 g/mol. The van der Waals surface area contributed by atoms with Gasteiger partial charge in [-0.3, -0.25) is 4.79 Å². The molecule has 0 amide bonds. The molecule has 0 spiro atoms. The first-order chi connectivity index (χ1) is 19.4. The first-order valence-electron chi connectivity index (χ1n) is 14.7. The Bertz CT molecular complexity index is 1300. The predicted molar refractivity (Wildman–Crippen MR) is 166 cm³/mol. The molecule has 3 rings (SSSR count). The number of aryl methyl sites for hydroxylation is 1. The van der Waals surface area contributed by atoms with Crippen LogP contribution < -0.4 is 5.32 Å². The summed E-state index contributed by atoms with van der Waals surface area (Å²) in [6.07, 6.45) is 6.91. The molecule has 0 radical (unpaired) electrons. The maximum Gasteiger partial charge on any atom is 0.213 e. The van der Waals surface area contributed by atoms with E-state index in [1.54, 1.807) is 17.6 Å². The molecule has 11 heteroatoms. The zero-order valence-corrected chi connectivity index (χ0v) is 26.6. The number of carbonyl (C=O) groups excluding carboxylic acids is 1. The molecule has 0 aromatic carbocycles. The third-order valence-electron chi connectivity index (χ3n) is 8.08. The highest BCUT2D eigenvalue weighted by atomic mass is 32.2. The van der Waals surface area contributed by atoms with E-state index < -0.39 is 10.0 Å². The highest BCUT2D eigenvalue weighted by Gasteiger charge is 2.30. The van der Waals surface area contributed by atoms with Gasteiger partial charge < -0.3 is 10.2 Å². The monoisotopic (exact) mass is 585 g/mol. The number of aliphatic imine (C=N–C) groups is 2. The number of likely N-dealkylation sites (N-methyl/N-ethyl adjacent to an activating group) is 1. The molecule has 1 aliphatic heterocycles. The van der Waals surface area contributed by atoms with Gasteiger partial charge >= 0.3 is 0 Å². The number of nitrogens with zero attached hydrogens (tertiary/aromatic N) is 6. The number of aromatic nitrogens is 2. The second-order valence-corrected chi connectivity index (χ2v) is 13.6. The van der Waals surface area contributed by atoms with Gasteiger partial charge in [0, 0.05) is 44.2 Å². The van der Waals surface area contributed by atoms with E-state index in [9.17, 15) is 13.2 Å². The number of sulfonamides is 1. The van der Waals surface area contributed by atoms with Crippen molar-refractivity contribution in [2.75, 3.05) is 32.4 Å². The van der Waals surface area contributed by atoms with Gasteiger partial charge in [0.2, 0.25) is 10.0 Å². The van der Waals surface area contributed by atoms with Gasteiger partial charge in [0.1, 0.15) is 12.0 Å². The first-order valence-corrected chi connectivity index (χ1v) is 16.3. The Kier molecular flexibility index (Phi) is 11.4. The summed E-state index contributed by atoms with van der Waals surface area (Å²) >= 11 is 0. The Morgan fingerprint density at radius 2 is 1.85 bits per heavy atom. The van der Waals surface area contributed by atoms with Crippen molar-refractivity contribution in [3.63, 3.8) is 0 Å². The van der Waals surface area contributed by atoms with Crippen molar-refractivity contribution in [2.24, 2.45) is 15.9 Å². The SMILES string of the molecule is C=C(/N=C(\C(/N=C(\C=O)NCC1CCN(S(=O)(=O)CC)CC1)=C(C)C)N(C)[C@H](C)CC)c1c(C)ncnc1C1CC1. The van der Waals surface area contributed by atoms with Gasteiger partial charge in [-0.25, -0.2) is 32.7 Å². The van der Waals surface area contributed by atoms with Crippen LogP contribution >= 0.6 is 0 Å². The summed E-state index contributed by atoms with van der Waals surface area (Å²) in [7, 11) is -1.19. The Labute approximate surface area is 246 Å². The molecule has 10 nitrogen and oxygen atoms in total. The van der Waals surface area contributed by atoms with Gasteiger partial charge in [0.25, 0.3) is 0 Å². The topological polar surface area (TPSA) is 120 Å². The third-order valence-corrected chi connectivity index (χ3v) is 9.96. The Hall–Kier alpha value is -2.92. The maximum atomic E-state index is 12.2. The molecule has 1 saturated carbocycles. The van der Waals surface area contributed by atoms with Crippen molar-refractivity contribution >= 4 is 33.7 Å². The van der Waals surface area contributed by atoms with Gasteiger partial charge in [-0.15, -0.1) is 0 Å². The fourth-order valence-electron chi connectivity index (χ4n) is 4.92. The third kappa shape index (κ3) is 8.31. The quantitative estimate of drug-likeness (QED) is 0.221. The fourth-order valence-corrected chi connectivity index (χ4v) is 6.05. The molecule has 2 fully saturated rings. The van der Waals surface area contributed by atoms with Crippen LogP contribution in [0.2, 0.25) is 0 Å². The van der Waals surface area contributed by atoms with Gasteiger partial charge in [-0.2, -0.15) is 0 Å². The molecule has 226 valence electrons. The zero-order valence-electron chi connectivity index (χ0n) is 25.8. The average Bonchev–Trinajstić information content (AvgIpc) is 3.81. The zero-order chi connectivity index (χ0) is 30.3. The smallest absolute Gasteiger partial charge is 0.213 e. The molecule has 2 heterocycles. The van der Waals surface area contributed by atoms with Crippen LogP contribution in [-0.4, -0.2) is 84.0 Å². The molecule has 41 heavy (non-hydrogen) atoms. The van der Waals surface area contributed by atoms with E-state index in [1.165, 1.54) is 0 Å². The van der Waals surface area contributed by atoms with Crippen molar-refractivity contribution in [3.05, 3.63) is 41.1 Å². The lowest BCUT2D eigenvalue weighted by molar-refractivity contribution is -0.102. The Balaban J connectivity index is 1.89. The summed E-state index contributed by atoms with van der Waals surface area (Å²) in [6, 6.07) is 0.166. The molecule has 1 aliphatic carbocycles. The van der Waals surface area contributed by atoms with Crippen molar-refractivity contribution in [2.45, 2.75) is 85.6 Å². The molecule has 1 N–H and O–H groups in total. The second kappa shape index (κ2) is 14.3. The van der Waals surface area contributed by atoms with Crippen LogP contribution in [-0.2, 0) is 14.8 Å². The number of allylic oxidation sites excluding steroid dienone is 1. The molecule has 0 bridgehead atoms. The number of piperidine rings is 1. The predicted octanol–water partition coefficient (Wildman–Crippen LogP) is 4.30. The fraction of sp³-hybridized carbons (Fsp3) is 0.633. The summed E-state index contributed by atoms with van der Waals surface area (Å²) in [5, 5.41) is 3.22. The van der Waals surface area contributed by atoms with E-state index in [4.69, 9.17) is 9.98 Å². The van der Waals surface area contributed by atoms with Crippen molar-refractivity contribution < 1.29 is 13.2 Å². The highest BCUT2D eigenvalue weighted by Crippen LogP contribution is 2.42. The summed E-state index contributed by atoms with van der Waals surface area (Å²) in [5.41, 5.74) is 4.82. The number of amidine groups is 2. The Morgan fingerprint density at radius 3 is 2.39 bits per heavy atom. The normalized spacial score (nSPS) is 18.1. The molecule has 1 aromatic heterocycles. The molecule has 1 saturated heterocycles. The number of hydrogen-bond acceptors (Lipinski definition) is 7. The second-order valence-electron chi connectivity index (χ2n) is 11.3. The average molecular weight is 586 g/mol. The number of aldehydes is 1. The Morgan fingerprint density at radius 1 is 1.20 bits per heavy atom. The number of nitrogens with one attached hydrogen (secondary N) is 1. The van der Waals surface area contributed by atoms with Gasteiger partial charge in [-0.05, 0) is 78.2 Å². The molecule has 1 aromatic rings. The summed E-state index contributed by atoms with van der Waals surface area (Å²) in [4.78, 5) is 33.1. The van der Waals surface area contributed by atoms with E-state index in [0.717, 1.165) is 60.9 Å². The molecule has 2 aliphatic rings. The van der Waals surface area contributed by atoms with E-state index >= 15 is 0 Å². The lowest BCUT2D eigenvalue weighted by Gasteiger charge is -2.31. The standard InChI is InChI=1S/C30H47N7O3S/c1-9-21(5)36(8)30(34-23(7)27-22(6)32-19-33-29(27)25-11-12-25)28(20(3)4)35-26(18-38)31-17-24-13-15-37(16-14-24)41(39,40)10-2/h18-19,21,24-25H,7,9-17H2,1-6,8H3,(H,31,35)/b34-30+/t21-/m1/s1. The summed E-state index contributed by atoms with van der Waals surface area (Å²) in [5.74, 6) is 1.63. The van der Waals surface area contributed by atoms with Crippen molar-refractivity contribution in [1.82, 2.24) is 24.5 Å². The minimum absolute atomic E-state index is 0.115. The summed E-state index contributed by atoms with van der Waals surface area (Å²) < 4.78 is 26.0. The minimum Gasteiger partial charge on any atom is -0.367 e. The molecule has 1 atom stereocenters. The van der Waals surface area contributed by atoms with Crippen LogP contribution in [0.15, 0.2) is 34.2 Å². The van der Waals surface area contributed by atoms with Gasteiger partial charge in [0.05, 0.1) is 22.8 Å². The number of hydrogen-bond donors (Lipinski definition) is 1. The van der Waals surface area contributed by atoms with Crippen LogP contribution in [0.1, 0.15) is 89.6 Å². The largest absolute Gasteiger partial charge is 0.367 e. The maximum absolute atomic E-state index is 12.2. The number of carbonyl (C=O) groups is 1. The van der Waals surface area contributed by atoms with E-state index in [1.807, 2.05) is 27.8 Å². The van der Waals surface area contributed by atoms with E-state index in [-0.39, 0.29) is 23.5 Å². The lowest BCUT2D eigenvalue weighted by atomic mass is 9.98. The van der Waals surface area contributed by atoms with Crippen molar-refractivity contribution in [1.29, 1.82) is 0 Å². The summed E-state index contributed by atoms with van der Waals surface area (Å²) in [6.45, 7) is 17.7. The van der Waals surface area contributed by atoms with E-state index in [2.05, 4.69) is 40.6 Å². The number of rotatable bonds is 12. The van der Waals surface area contributed by atoms with Gasteiger partial charge in [0.15, 0.2) is 18.0 Å².